The van der Waals surface area contributed by atoms with Crippen molar-refractivity contribution in [2.24, 2.45) is 16.5 Å². The quantitative estimate of drug-likeness (QED) is 0.0583. The molecule has 3 amide bonds. The van der Waals surface area contributed by atoms with Gasteiger partial charge in [0.1, 0.15) is 24.2 Å². The monoisotopic (exact) mass is 697 g/mol. The van der Waals surface area contributed by atoms with Crippen LogP contribution in [-0.2, 0) is 32.1 Å². The van der Waals surface area contributed by atoms with Crippen molar-refractivity contribution in [3.8, 4) is 0 Å². The van der Waals surface area contributed by atoms with E-state index in [4.69, 9.17) is 25.4 Å². The summed E-state index contributed by atoms with van der Waals surface area (Å²) in [6.45, 7) is 0.428. The summed E-state index contributed by atoms with van der Waals surface area (Å²) < 4.78 is 16.8. The Hall–Kier alpha value is -5.76. The van der Waals surface area contributed by atoms with Gasteiger partial charge in [-0.2, -0.15) is 0 Å². The van der Waals surface area contributed by atoms with Crippen LogP contribution in [-0.4, -0.2) is 84.0 Å². The van der Waals surface area contributed by atoms with E-state index in [1.165, 1.54) is 12.0 Å². The summed E-state index contributed by atoms with van der Waals surface area (Å²) in [6, 6.07) is 22.5. The van der Waals surface area contributed by atoms with Crippen LogP contribution >= 0.6 is 0 Å². The second-order valence-corrected chi connectivity index (χ2v) is 12.2. The third-order valence-electron chi connectivity index (χ3n) is 8.65. The number of aliphatic imine (C=N–C) groups is 1. The lowest BCUT2D eigenvalue weighted by Gasteiger charge is -2.31. The average Bonchev–Trinajstić information content (AvgIpc) is 3.79. The molecule has 0 unspecified atom stereocenters. The second-order valence-electron chi connectivity index (χ2n) is 12.2. The Morgan fingerprint density at radius 3 is 2.29 bits per heavy atom. The van der Waals surface area contributed by atoms with Crippen LogP contribution in [0.15, 0.2) is 94.3 Å². The number of alkyl carbamates (subject to hydrolysis) is 1. The Morgan fingerprint density at radius 1 is 0.922 bits per heavy atom. The normalized spacial score (nSPS) is 16.6. The van der Waals surface area contributed by atoms with Gasteiger partial charge in [-0.05, 0) is 55.4 Å². The molecule has 51 heavy (non-hydrogen) atoms. The van der Waals surface area contributed by atoms with E-state index in [-0.39, 0.29) is 44.4 Å². The number of nitrogens with one attached hydrogen (secondary N) is 2. The first-order valence-corrected chi connectivity index (χ1v) is 16.8. The Bertz CT molecular complexity index is 1780. The van der Waals surface area contributed by atoms with Gasteiger partial charge in [0.15, 0.2) is 11.5 Å². The van der Waals surface area contributed by atoms with Gasteiger partial charge in [0.2, 0.25) is 17.6 Å². The number of benzene rings is 3. The lowest BCUT2D eigenvalue weighted by atomic mass is 10.0. The number of likely N-dealkylation sites (tertiary alicyclic amines) is 1. The number of rotatable bonds is 16. The van der Waals surface area contributed by atoms with Crippen LogP contribution in [0.5, 0.6) is 0 Å². The van der Waals surface area contributed by atoms with E-state index in [0.717, 1.165) is 11.1 Å². The van der Waals surface area contributed by atoms with E-state index in [0.29, 0.717) is 30.4 Å². The number of amides is 3. The van der Waals surface area contributed by atoms with Crippen molar-refractivity contribution >= 4 is 40.8 Å². The van der Waals surface area contributed by atoms with Gasteiger partial charge in [0.05, 0.1) is 12.1 Å². The van der Waals surface area contributed by atoms with E-state index in [9.17, 15) is 19.2 Å². The molecular formula is C37H43N7O7. The minimum absolute atomic E-state index is 0.0193. The predicted octanol–water partition coefficient (Wildman–Crippen LogP) is 3.09. The molecule has 0 aliphatic carbocycles. The summed E-state index contributed by atoms with van der Waals surface area (Å²) in [5.41, 5.74) is 13.6. The standard InChI is InChI=1S/C37H43N7O7/c1-49-30-20-22-44(35(47)28(19-18-24-11-4-2-5-12-24)43-37(48)50-23-25-13-6-3-7-14-25)31(30)33(46)41-27(16-10-21-40-36(38)39)32(45)34-42-26-15-8-9-17-29(26)51-34/h2-9,11-15,17,27-28,30-31H,10,16,18-23H2,1H3,(H,41,46)(H,43,48)(H4,38,39,40)/t27-,28+,30-,31-/m0/s1. The molecule has 0 bridgehead atoms. The molecule has 1 aliphatic heterocycles. The summed E-state index contributed by atoms with van der Waals surface area (Å²) in [6.07, 6.45) is 0.160. The van der Waals surface area contributed by atoms with Gasteiger partial charge in [0.25, 0.3) is 5.89 Å². The summed E-state index contributed by atoms with van der Waals surface area (Å²) in [5.74, 6) is -1.87. The van der Waals surface area contributed by atoms with Crippen molar-refractivity contribution in [1.82, 2.24) is 20.5 Å². The molecule has 14 heteroatoms. The van der Waals surface area contributed by atoms with Crippen LogP contribution in [0, 0.1) is 0 Å². The largest absolute Gasteiger partial charge is 0.445 e. The van der Waals surface area contributed by atoms with E-state index >= 15 is 0 Å². The number of aromatic nitrogens is 1. The zero-order valence-electron chi connectivity index (χ0n) is 28.4. The number of methoxy groups -OCH3 is 1. The van der Waals surface area contributed by atoms with E-state index < -0.39 is 47.9 Å². The van der Waals surface area contributed by atoms with Gasteiger partial charge in [-0.1, -0.05) is 72.8 Å². The third-order valence-corrected chi connectivity index (χ3v) is 8.65. The number of hydrogen-bond acceptors (Lipinski definition) is 9. The number of hydrogen-bond donors (Lipinski definition) is 4. The number of nitrogens with zero attached hydrogens (tertiary/aromatic N) is 3. The maximum atomic E-state index is 14.3. The fourth-order valence-corrected chi connectivity index (χ4v) is 6.04. The van der Waals surface area contributed by atoms with Gasteiger partial charge < -0.3 is 40.9 Å². The number of carbonyl (C=O) groups excluding carboxylic acids is 4. The summed E-state index contributed by atoms with van der Waals surface area (Å²) >= 11 is 0. The third kappa shape index (κ3) is 9.91. The van der Waals surface area contributed by atoms with Gasteiger partial charge >= 0.3 is 6.09 Å². The molecule has 4 aromatic rings. The summed E-state index contributed by atoms with van der Waals surface area (Å²) in [4.78, 5) is 64.8. The Morgan fingerprint density at radius 2 is 1.61 bits per heavy atom. The Balaban J connectivity index is 1.34. The predicted molar refractivity (Wildman–Crippen MR) is 189 cm³/mol. The van der Waals surface area contributed by atoms with Crippen LogP contribution in [0.3, 0.4) is 0 Å². The first-order valence-electron chi connectivity index (χ1n) is 16.8. The molecule has 1 fully saturated rings. The highest BCUT2D eigenvalue weighted by atomic mass is 16.5. The van der Waals surface area contributed by atoms with Crippen molar-refractivity contribution in [2.45, 2.75) is 62.9 Å². The lowest BCUT2D eigenvalue weighted by molar-refractivity contribution is -0.142. The van der Waals surface area contributed by atoms with Crippen LogP contribution in [0.25, 0.3) is 11.1 Å². The van der Waals surface area contributed by atoms with Gasteiger partial charge in [-0.3, -0.25) is 19.4 Å². The molecule has 0 spiro atoms. The van der Waals surface area contributed by atoms with Crippen LogP contribution in [0.2, 0.25) is 0 Å². The maximum absolute atomic E-state index is 14.3. The number of ether oxygens (including phenoxy) is 2. The minimum atomic E-state index is -1.10. The number of aryl methyl sites for hydroxylation is 1. The molecule has 1 aromatic heterocycles. The number of nitrogens with two attached hydrogens (primary N) is 2. The van der Waals surface area contributed by atoms with Crippen molar-refractivity contribution in [1.29, 1.82) is 0 Å². The first-order chi connectivity index (χ1) is 24.7. The van der Waals surface area contributed by atoms with Crippen LogP contribution in [0.1, 0.15) is 47.5 Å². The zero-order valence-corrected chi connectivity index (χ0v) is 28.4. The van der Waals surface area contributed by atoms with Gasteiger partial charge in [0, 0.05) is 20.2 Å². The number of Topliss-reactive ketones (excluding diaryl/α,β-unsaturated/α-hetero) is 1. The lowest BCUT2D eigenvalue weighted by Crippen LogP contribution is -2.57. The Labute approximate surface area is 295 Å². The number of ketones is 1. The molecular weight excluding hydrogens is 654 g/mol. The number of carbonyl (C=O) groups is 4. The maximum Gasteiger partial charge on any atom is 0.408 e. The molecule has 3 aromatic carbocycles. The number of oxazole rings is 1. The van der Waals surface area contributed by atoms with E-state index in [2.05, 4.69) is 20.6 Å². The van der Waals surface area contributed by atoms with Crippen molar-refractivity contribution in [3.63, 3.8) is 0 Å². The highest BCUT2D eigenvalue weighted by Crippen LogP contribution is 2.24. The second kappa shape index (κ2) is 17.8. The molecule has 1 aliphatic rings. The molecule has 1 saturated heterocycles. The minimum Gasteiger partial charge on any atom is -0.445 e. The van der Waals surface area contributed by atoms with Gasteiger partial charge in [-0.25, -0.2) is 9.78 Å². The van der Waals surface area contributed by atoms with Crippen molar-refractivity contribution in [3.05, 3.63) is 102 Å². The Kier molecular flexibility index (Phi) is 12.7. The van der Waals surface area contributed by atoms with Gasteiger partial charge in [-0.15, -0.1) is 0 Å². The van der Waals surface area contributed by atoms with E-state index in [1.54, 1.807) is 24.3 Å². The molecule has 6 N–H and O–H groups in total. The molecule has 0 saturated carbocycles. The molecule has 2 heterocycles. The molecule has 14 nitrogen and oxygen atoms in total. The fraction of sp³-hybridized carbons (Fsp3) is 0.351. The topological polar surface area (TPSA) is 204 Å². The van der Waals surface area contributed by atoms with Crippen molar-refractivity contribution < 1.29 is 33.1 Å². The zero-order chi connectivity index (χ0) is 36.2. The molecule has 268 valence electrons. The fourth-order valence-electron chi connectivity index (χ4n) is 6.04. The smallest absolute Gasteiger partial charge is 0.408 e. The first kappa shape index (κ1) is 36.5. The highest BCUT2D eigenvalue weighted by Gasteiger charge is 2.45. The molecule has 5 rings (SSSR count). The van der Waals surface area contributed by atoms with Crippen molar-refractivity contribution in [2.75, 3.05) is 20.2 Å². The average molecular weight is 698 g/mol. The number of guanidine groups is 1. The molecule has 0 radical (unpaired) electrons. The summed E-state index contributed by atoms with van der Waals surface area (Å²) in [5, 5.41) is 5.56. The summed E-state index contributed by atoms with van der Waals surface area (Å²) in [7, 11) is 1.46. The van der Waals surface area contributed by atoms with Crippen LogP contribution < -0.4 is 22.1 Å². The molecule has 4 atom stereocenters. The number of para-hydroxylation sites is 2. The van der Waals surface area contributed by atoms with E-state index in [1.807, 2.05) is 60.7 Å². The number of fused-ring (bicyclic) bond motifs is 1. The highest BCUT2D eigenvalue weighted by molar-refractivity contribution is 6.01. The van der Waals surface area contributed by atoms with Crippen LogP contribution in [0.4, 0.5) is 4.79 Å². The SMILES string of the molecule is CO[C@H]1CCN(C(=O)[C@@H](CCc2ccccc2)NC(=O)OCc2ccccc2)[C@@H]1C(=O)N[C@@H](CCCN=C(N)N)C(=O)c1nc2ccccc2o1.